The highest BCUT2D eigenvalue weighted by atomic mass is 16.2. The molecule has 0 radical (unpaired) electrons. The molecule has 1 amide bonds. The molecular formula is C24H31N5O. The third kappa shape index (κ3) is 4.05. The van der Waals surface area contributed by atoms with Gasteiger partial charge in [0.2, 0.25) is 11.9 Å². The maximum atomic E-state index is 12.7. The average molecular weight is 406 g/mol. The minimum atomic E-state index is 0.251. The molecule has 3 fully saturated rings. The number of pyridine rings is 1. The van der Waals surface area contributed by atoms with Gasteiger partial charge in [0.25, 0.3) is 0 Å². The lowest BCUT2D eigenvalue weighted by Crippen LogP contribution is -2.40. The fourth-order valence-corrected chi connectivity index (χ4v) is 4.95. The molecule has 2 unspecified atom stereocenters. The predicted octanol–water partition coefficient (Wildman–Crippen LogP) is 3.89. The van der Waals surface area contributed by atoms with Crippen LogP contribution in [0.1, 0.15) is 57.1 Å². The van der Waals surface area contributed by atoms with E-state index in [9.17, 15) is 4.79 Å². The van der Waals surface area contributed by atoms with E-state index in [2.05, 4.69) is 27.8 Å². The Morgan fingerprint density at radius 3 is 2.70 bits per heavy atom. The van der Waals surface area contributed by atoms with Gasteiger partial charge in [0.05, 0.1) is 5.69 Å². The normalized spacial score (nSPS) is 24.7. The Bertz CT molecular complexity index is 898. The molecule has 2 aromatic rings. The molecule has 4 heterocycles. The SMILES string of the molecule is CC1CCCN(c2ncc(-c3cccnc3)c(C3CCCN(C(=O)C4CC4)C3)n2)C1. The van der Waals surface area contributed by atoms with Crippen molar-refractivity contribution in [1.82, 2.24) is 19.9 Å². The second-order valence-corrected chi connectivity index (χ2v) is 9.30. The van der Waals surface area contributed by atoms with Gasteiger partial charge in [-0.25, -0.2) is 9.97 Å². The van der Waals surface area contributed by atoms with Crippen molar-refractivity contribution in [3.63, 3.8) is 0 Å². The van der Waals surface area contributed by atoms with Crippen LogP contribution >= 0.6 is 0 Å². The number of amides is 1. The monoisotopic (exact) mass is 405 g/mol. The molecule has 0 spiro atoms. The maximum absolute atomic E-state index is 12.7. The minimum Gasteiger partial charge on any atom is -0.342 e. The molecule has 1 saturated carbocycles. The van der Waals surface area contributed by atoms with E-state index in [0.717, 1.165) is 74.6 Å². The molecule has 30 heavy (non-hydrogen) atoms. The lowest BCUT2D eigenvalue weighted by molar-refractivity contribution is -0.133. The highest BCUT2D eigenvalue weighted by molar-refractivity contribution is 5.81. The van der Waals surface area contributed by atoms with Crippen molar-refractivity contribution >= 4 is 11.9 Å². The average Bonchev–Trinajstić information content (AvgIpc) is 3.64. The van der Waals surface area contributed by atoms with E-state index in [-0.39, 0.29) is 11.8 Å². The number of hydrogen-bond acceptors (Lipinski definition) is 5. The molecule has 5 rings (SSSR count). The van der Waals surface area contributed by atoms with Gasteiger partial charge in [-0.3, -0.25) is 9.78 Å². The van der Waals surface area contributed by atoms with Gasteiger partial charge in [0, 0.05) is 67.7 Å². The van der Waals surface area contributed by atoms with Gasteiger partial charge in [-0.2, -0.15) is 0 Å². The summed E-state index contributed by atoms with van der Waals surface area (Å²) in [6, 6.07) is 4.04. The first-order valence-corrected chi connectivity index (χ1v) is 11.5. The van der Waals surface area contributed by atoms with Gasteiger partial charge >= 0.3 is 0 Å². The van der Waals surface area contributed by atoms with Crippen LogP contribution in [0.15, 0.2) is 30.7 Å². The molecule has 158 valence electrons. The quantitative estimate of drug-likeness (QED) is 0.772. The van der Waals surface area contributed by atoms with Gasteiger partial charge in [0.15, 0.2) is 0 Å². The zero-order valence-corrected chi connectivity index (χ0v) is 17.8. The number of hydrogen-bond donors (Lipinski definition) is 0. The van der Waals surface area contributed by atoms with Crippen LogP contribution in [0, 0.1) is 11.8 Å². The molecule has 6 nitrogen and oxygen atoms in total. The smallest absolute Gasteiger partial charge is 0.225 e. The van der Waals surface area contributed by atoms with Crippen LogP contribution < -0.4 is 4.90 Å². The predicted molar refractivity (Wildman–Crippen MR) is 117 cm³/mol. The van der Waals surface area contributed by atoms with Crippen molar-refractivity contribution in [2.45, 2.75) is 51.4 Å². The van der Waals surface area contributed by atoms with E-state index in [1.54, 1.807) is 6.20 Å². The minimum absolute atomic E-state index is 0.251. The van der Waals surface area contributed by atoms with Crippen molar-refractivity contribution in [1.29, 1.82) is 0 Å². The molecule has 2 atom stereocenters. The van der Waals surface area contributed by atoms with E-state index in [1.165, 1.54) is 12.8 Å². The second kappa shape index (κ2) is 8.32. The van der Waals surface area contributed by atoms with Gasteiger partial charge < -0.3 is 9.80 Å². The van der Waals surface area contributed by atoms with Crippen LogP contribution in [-0.4, -0.2) is 51.9 Å². The molecule has 0 N–H and O–H groups in total. The molecule has 6 heteroatoms. The van der Waals surface area contributed by atoms with Gasteiger partial charge in [-0.05, 0) is 50.5 Å². The van der Waals surface area contributed by atoms with Gasteiger partial charge in [-0.1, -0.05) is 13.0 Å². The summed E-state index contributed by atoms with van der Waals surface area (Å²) in [5.74, 6) is 2.39. The van der Waals surface area contributed by atoms with Crippen LogP contribution in [0.3, 0.4) is 0 Å². The third-order valence-electron chi connectivity index (χ3n) is 6.76. The summed E-state index contributed by atoms with van der Waals surface area (Å²) < 4.78 is 0. The van der Waals surface area contributed by atoms with Crippen LogP contribution in [0.4, 0.5) is 5.95 Å². The third-order valence-corrected chi connectivity index (χ3v) is 6.76. The maximum Gasteiger partial charge on any atom is 0.225 e. The molecule has 2 aromatic heterocycles. The van der Waals surface area contributed by atoms with Crippen molar-refractivity contribution in [3.8, 4) is 11.1 Å². The number of nitrogens with zero attached hydrogens (tertiary/aromatic N) is 5. The number of rotatable bonds is 4. The summed E-state index contributed by atoms with van der Waals surface area (Å²) in [5, 5.41) is 0. The lowest BCUT2D eigenvalue weighted by atomic mass is 9.90. The van der Waals surface area contributed by atoms with Crippen molar-refractivity contribution in [2.75, 3.05) is 31.1 Å². The van der Waals surface area contributed by atoms with Crippen LogP contribution in [0.2, 0.25) is 0 Å². The Balaban J connectivity index is 1.48. The number of carbonyl (C=O) groups is 1. The van der Waals surface area contributed by atoms with E-state index in [1.807, 2.05) is 18.5 Å². The van der Waals surface area contributed by atoms with Gasteiger partial charge in [0.1, 0.15) is 0 Å². The largest absolute Gasteiger partial charge is 0.342 e. The number of anilines is 1. The highest BCUT2D eigenvalue weighted by Gasteiger charge is 2.36. The number of aromatic nitrogens is 3. The van der Waals surface area contributed by atoms with E-state index in [0.29, 0.717) is 11.8 Å². The number of carbonyl (C=O) groups excluding carboxylic acids is 1. The topological polar surface area (TPSA) is 62.2 Å². The molecule has 3 aliphatic rings. The van der Waals surface area contributed by atoms with Crippen LogP contribution in [0.5, 0.6) is 0 Å². The summed E-state index contributed by atoms with van der Waals surface area (Å²) in [7, 11) is 0. The summed E-state index contributed by atoms with van der Waals surface area (Å²) in [6.45, 7) is 6.00. The fourth-order valence-electron chi connectivity index (χ4n) is 4.95. The van der Waals surface area contributed by atoms with Crippen LogP contribution in [0.25, 0.3) is 11.1 Å². The van der Waals surface area contributed by atoms with Crippen LogP contribution in [-0.2, 0) is 4.79 Å². The van der Waals surface area contributed by atoms with E-state index < -0.39 is 0 Å². The van der Waals surface area contributed by atoms with Crippen molar-refractivity contribution < 1.29 is 4.79 Å². The fraction of sp³-hybridized carbons (Fsp3) is 0.583. The zero-order valence-electron chi connectivity index (χ0n) is 17.8. The summed E-state index contributed by atoms with van der Waals surface area (Å²) in [4.78, 5) is 31.4. The molecular weight excluding hydrogens is 374 g/mol. The number of likely N-dealkylation sites (tertiary alicyclic amines) is 1. The first-order chi connectivity index (χ1) is 14.7. The van der Waals surface area contributed by atoms with Crippen molar-refractivity contribution in [2.24, 2.45) is 11.8 Å². The Morgan fingerprint density at radius 1 is 1.07 bits per heavy atom. The Kier molecular flexibility index (Phi) is 5.40. The van der Waals surface area contributed by atoms with E-state index in [4.69, 9.17) is 9.97 Å². The molecule has 2 aliphatic heterocycles. The highest BCUT2D eigenvalue weighted by Crippen LogP contribution is 2.37. The first-order valence-electron chi connectivity index (χ1n) is 11.5. The number of piperidine rings is 2. The first kappa shape index (κ1) is 19.5. The standard InChI is InChI=1S/C24H31N5O/c1-17-5-3-12-29(15-17)24-26-14-21(19-6-2-10-25-13-19)22(27-24)20-7-4-11-28(16-20)23(30)18-8-9-18/h2,6,10,13-14,17-18,20H,3-5,7-9,11-12,15-16H2,1H3. The molecule has 0 bridgehead atoms. The summed E-state index contributed by atoms with van der Waals surface area (Å²) >= 11 is 0. The molecule has 0 aromatic carbocycles. The Labute approximate surface area is 178 Å². The summed E-state index contributed by atoms with van der Waals surface area (Å²) in [6.07, 6.45) is 12.4. The second-order valence-electron chi connectivity index (χ2n) is 9.30. The van der Waals surface area contributed by atoms with Crippen molar-refractivity contribution in [3.05, 3.63) is 36.4 Å². The lowest BCUT2D eigenvalue weighted by Gasteiger charge is -2.35. The molecule has 2 saturated heterocycles. The van der Waals surface area contributed by atoms with Gasteiger partial charge in [-0.15, -0.1) is 0 Å². The summed E-state index contributed by atoms with van der Waals surface area (Å²) in [5.41, 5.74) is 3.19. The van der Waals surface area contributed by atoms with E-state index >= 15 is 0 Å². The zero-order chi connectivity index (χ0) is 20.5. The molecule has 1 aliphatic carbocycles. The Morgan fingerprint density at radius 2 is 1.93 bits per heavy atom. The Hall–Kier alpha value is -2.50.